The van der Waals surface area contributed by atoms with E-state index in [4.69, 9.17) is 16.7 Å². The predicted molar refractivity (Wildman–Crippen MR) is 81.5 cm³/mol. The van der Waals surface area contributed by atoms with E-state index in [-0.39, 0.29) is 6.42 Å². The van der Waals surface area contributed by atoms with Crippen LogP contribution in [0.15, 0.2) is 36.4 Å². The van der Waals surface area contributed by atoms with Crippen LogP contribution in [0.3, 0.4) is 0 Å². The minimum atomic E-state index is -0.816. The summed E-state index contributed by atoms with van der Waals surface area (Å²) in [6, 6.07) is 11.6. The van der Waals surface area contributed by atoms with Gasteiger partial charge in [0.1, 0.15) is 0 Å². The Labute approximate surface area is 121 Å². The molecule has 0 fully saturated rings. The number of aryl methyl sites for hydroxylation is 1. The maximum atomic E-state index is 11.1. The van der Waals surface area contributed by atoms with E-state index in [1.165, 1.54) is 0 Å². The van der Waals surface area contributed by atoms with E-state index in [0.29, 0.717) is 5.02 Å². The first-order valence-corrected chi connectivity index (χ1v) is 6.90. The van der Waals surface area contributed by atoms with Crippen LogP contribution in [0.5, 0.6) is 0 Å². The van der Waals surface area contributed by atoms with Gasteiger partial charge in [-0.15, -0.1) is 0 Å². The third-order valence-electron chi connectivity index (χ3n) is 3.59. The molecule has 0 spiro atoms. The number of carboxylic acid groups (broad SMARTS) is 1. The molecule has 0 radical (unpaired) electrons. The topological polar surface area (TPSA) is 42.2 Å². The van der Waals surface area contributed by atoms with Gasteiger partial charge in [0.25, 0.3) is 0 Å². The summed E-state index contributed by atoms with van der Waals surface area (Å²) in [5, 5.41) is 11.9. The van der Waals surface area contributed by atoms with Crippen molar-refractivity contribution in [1.29, 1.82) is 0 Å². The lowest BCUT2D eigenvalue weighted by Gasteiger charge is -2.07. The average molecular weight is 288 g/mol. The quantitative estimate of drug-likeness (QED) is 0.788. The molecule has 1 N–H and O–H groups in total. The van der Waals surface area contributed by atoms with Gasteiger partial charge in [-0.1, -0.05) is 29.8 Å². The van der Waals surface area contributed by atoms with E-state index >= 15 is 0 Å². The molecule has 2 aromatic carbocycles. The molecule has 0 aliphatic rings. The zero-order chi connectivity index (χ0) is 14.3. The van der Waals surface area contributed by atoms with Gasteiger partial charge in [0.15, 0.2) is 0 Å². The Morgan fingerprint density at radius 1 is 1.25 bits per heavy atom. The second-order valence-electron chi connectivity index (χ2n) is 4.79. The molecule has 1 heterocycles. The molecule has 3 rings (SSSR count). The monoisotopic (exact) mass is 287 g/mol. The molecular formula is C16H14ClNO2. The Balaban J connectivity index is 2.45. The number of carbonyl (C=O) groups is 1. The van der Waals surface area contributed by atoms with Crippen molar-refractivity contribution < 1.29 is 9.90 Å². The summed E-state index contributed by atoms with van der Waals surface area (Å²) in [6.45, 7) is 2.85. The van der Waals surface area contributed by atoms with Crippen LogP contribution in [0.2, 0.25) is 5.02 Å². The van der Waals surface area contributed by atoms with Crippen LogP contribution in [0, 0.1) is 0 Å². The van der Waals surface area contributed by atoms with Crippen LogP contribution < -0.4 is 0 Å². The van der Waals surface area contributed by atoms with Crippen molar-refractivity contribution in [2.75, 3.05) is 0 Å². The van der Waals surface area contributed by atoms with Gasteiger partial charge < -0.3 is 9.67 Å². The number of rotatable bonds is 3. The Bertz CT molecular complexity index is 820. The molecule has 0 aliphatic heterocycles. The highest BCUT2D eigenvalue weighted by Crippen LogP contribution is 2.33. The van der Waals surface area contributed by atoms with Crippen molar-refractivity contribution in [1.82, 2.24) is 4.57 Å². The first kappa shape index (κ1) is 13.0. The van der Waals surface area contributed by atoms with Crippen molar-refractivity contribution in [3.63, 3.8) is 0 Å². The largest absolute Gasteiger partial charge is 0.481 e. The number of fused-ring (bicyclic) bond motifs is 3. The number of aromatic nitrogens is 1. The molecule has 102 valence electrons. The second-order valence-corrected chi connectivity index (χ2v) is 5.23. The smallest absolute Gasteiger partial charge is 0.307 e. The van der Waals surface area contributed by atoms with Crippen molar-refractivity contribution in [2.24, 2.45) is 0 Å². The molecule has 0 atom stereocenters. The fourth-order valence-electron chi connectivity index (χ4n) is 2.84. The molecular weight excluding hydrogens is 274 g/mol. The van der Waals surface area contributed by atoms with Gasteiger partial charge in [0, 0.05) is 27.9 Å². The fourth-order valence-corrected chi connectivity index (χ4v) is 3.01. The highest BCUT2D eigenvalue weighted by atomic mass is 35.5. The highest BCUT2D eigenvalue weighted by molar-refractivity contribution is 6.31. The van der Waals surface area contributed by atoms with Gasteiger partial charge in [-0.05, 0) is 30.7 Å². The number of hydrogen-bond donors (Lipinski definition) is 1. The van der Waals surface area contributed by atoms with E-state index in [0.717, 1.165) is 33.9 Å². The maximum absolute atomic E-state index is 11.1. The van der Waals surface area contributed by atoms with Crippen LogP contribution in [0.4, 0.5) is 0 Å². The molecule has 4 heteroatoms. The first-order chi connectivity index (χ1) is 9.61. The Kier molecular flexibility index (Phi) is 3.14. The summed E-state index contributed by atoms with van der Waals surface area (Å²) in [6.07, 6.45) is 0.0292. The van der Waals surface area contributed by atoms with Crippen LogP contribution in [0.25, 0.3) is 21.8 Å². The van der Waals surface area contributed by atoms with Gasteiger partial charge >= 0.3 is 5.97 Å². The molecule has 0 bridgehead atoms. The molecule has 20 heavy (non-hydrogen) atoms. The lowest BCUT2D eigenvalue weighted by atomic mass is 10.1. The van der Waals surface area contributed by atoms with Crippen molar-refractivity contribution in [3.05, 3.63) is 47.0 Å². The molecule has 1 aromatic heterocycles. The van der Waals surface area contributed by atoms with Crippen LogP contribution in [-0.4, -0.2) is 15.6 Å². The lowest BCUT2D eigenvalue weighted by molar-refractivity contribution is -0.136. The summed E-state index contributed by atoms with van der Waals surface area (Å²) in [4.78, 5) is 11.1. The first-order valence-electron chi connectivity index (χ1n) is 6.53. The zero-order valence-corrected chi connectivity index (χ0v) is 11.8. The number of benzene rings is 2. The van der Waals surface area contributed by atoms with Gasteiger partial charge in [-0.3, -0.25) is 4.79 Å². The summed E-state index contributed by atoms with van der Waals surface area (Å²) in [5.41, 5.74) is 2.92. The van der Waals surface area contributed by atoms with E-state index in [1.54, 1.807) is 0 Å². The molecule has 0 saturated carbocycles. The van der Waals surface area contributed by atoms with E-state index in [2.05, 4.69) is 11.5 Å². The van der Waals surface area contributed by atoms with Crippen molar-refractivity contribution >= 4 is 39.4 Å². The molecule has 0 saturated heterocycles. The molecule has 3 aromatic rings. The molecule has 3 nitrogen and oxygen atoms in total. The normalized spacial score (nSPS) is 11.3. The second kappa shape index (κ2) is 4.84. The summed E-state index contributed by atoms with van der Waals surface area (Å²) in [5.74, 6) is -0.816. The Morgan fingerprint density at radius 2 is 2.05 bits per heavy atom. The minimum absolute atomic E-state index is 0.0292. The summed E-state index contributed by atoms with van der Waals surface area (Å²) < 4.78 is 2.15. The fraction of sp³-hybridized carbons (Fsp3) is 0.188. The molecule has 0 aliphatic carbocycles. The average Bonchev–Trinajstić information content (AvgIpc) is 2.72. The predicted octanol–water partition coefficient (Wildman–Crippen LogP) is 4.09. The molecule has 0 amide bonds. The van der Waals surface area contributed by atoms with Crippen LogP contribution in [0.1, 0.15) is 12.5 Å². The van der Waals surface area contributed by atoms with Crippen LogP contribution >= 0.6 is 11.6 Å². The number of aliphatic carboxylic acids is 1. The third-order valence-corrected chi connectivity index (χ3v) is 3.82. The number of hydrogen-bond acceptors (Lipinski definition) is 1. The summed E-state index contributed by atoms with van der Waals surface area (Å²) in [7, 11) is 0. The number of para-hydroxylation sites is 1. The Morgan fingerprint density at radius 3 is 2.75 bits per heavy atom. The number of nitrogens with zero attached hydrogens (tertiary/aromatic N) is 1. The van der Waals surface area contributed by atoms with E-state index in [9.17, 15) is 4.79 Å². The zero-order valence-electron chi connectivity index (χ0n) is 11.1. The number of carboxylic acids is 1. The van der Waals surface area contributed by atoms with Gasteiger partial charge in [-0.2, -0.15) is 0 Å². The van der Waals surface area contributed by atoms with Gasteiger partial charge in [0.05, 0.1) is 11.9 Å². The van der Waals surface area contributed by atoms with Crippen LogP contribution in [-0.2, 0) is 17.8 Å². The maximum Gasteiger partial charge on any atom is 0.307 e. The highest BCUT2D eigenvalue weighted by Gasteiger charge is 2.14. The van der Waals surface area contributed by atoms with Crippen molar-refractivity contribution in [3.8, 4) is 0 Å². The van der Waals surface area contributed by atoms with Gasteiger partial charge in [-0.25, -0.2) is 0 Å². The number of halogens is 1. The lowest BCUT2D eigenvalue weighted by Crippen LogP contribution is -2.03. The third kappa shape index (κ3) is 1.95. The van der Waals surface area contributed by atoms with E-state index in [1.807, 2.05) is 36.4 Å². The minimum Gasteiger partial charge on any atom is -0.481 e. The molecule has 0 unspecified atom stereocenters. The standard InChI is InChI=1S/C16H14ClNO2/c1-2-18-14-7-6-11(17)9-13(14)12-5-3-4-10(16(12)18)8-15(19)20/h3-7,9H,2,8H2,1H3,(H,19,20). The summed E-state index contributed by atoms with van der Waals surface area (Å²) >= 11 is 6.09. The Hall–Kier alpha value is -2.00. The van der Waals surface area contributed by atoms with E-state index < -0.39 is 5.97 Å². The SMILES string of the molecule is CCn1c2ccc(Cl)cc2c2cccc(CC(=O)O)c21. The van der Waals surface area contributed by atoms with Crippen molar-refractivity contribution in [2.45, 2.75) is 19.9 Å². The van der Waals surface area contributed by atoms with Gasteiger partial charge in [0.2, 0.25) is 0 Å².